The maximum atomic E-state index is 3.79. The molecule has 120 valence electrons. The number of hydrogen-bond acceptors (Lipinski definition) is 2. The molecule has 0 heterocycles. The number of nitrogens with one attached hydrogen (secondary N) is 1. The predicted octanol–water partition coefficient (Wildman–Crippen LogP) is 4.59. The minimum Gasteiger partial charge on any atom is -0.313 e. The quantitative estimate of drug-likeness (QED) is 0.655. The third kappa shape index (κ3) is 6.13. The third-order valence-electron chi connectivity index (χ3n) is 4.80. The molecular formula is C18H38N2. The molecule has 1 N–H and O–H groups in total. The van der Waals surface area contributed by atoms with Crippen LogP contribution in [0.5, 0.6) is 0 Å². The Morgan fingerprint density at radius 2 is 1.70 bits per heavy atom. The van der Waals surface area contributed by atoms with Crippen molar-refractivity contribution < 1.29 is 0 Å². The second kappa shape index (κ2) is 10.6. The molecule has 20 heavy (non-hydrogen) atoms. The molecule has 0 aromatic carbocycles. The van der Waals surface area contributed by atoms with Crippen LogP contribution in [-0.2, 0) is 0 Å². The highest BCUT2D eigenvalue weighted by Gasteiger charge is 2.28. The monoisotopic (exact) mass is 282 g/mol. The summed E-state index contributed by atoms with van der Waals surface area (Å²) in [6.07, 6.45) is 12.5. The van der Waals surface area contributed by atoms with E-state index >= 15 is 0 Å². The van der Waals surface area contributed by atoms with Crippen molar-refractivity contribution in [2.24, 2.45) is 0 Å². The van der Waals surface area contributed by atoms with Crippen molar-refractivity contribution in [3.8, 4) is 0 Å². The summed E-state index contributed by atoms with van der Waals surface area (Å²) in [6, 6.07) is 2.15. The molecule has 0 bridgehead atoms. The average molecular weight is 283 g/mol. The largest absolute Gasteiger partial charge is 0.313 e. The van der Waals surface area contributed by atoms with Crippen LogP contribution < -0.4 is 5.32 Å². The highest BCUT2D eigenvalue weighted by molar-refractivity contribution is 4.87. The van der Waals surface area contributed by atoms with Gasteiger partial charge >= 0.3 is 0 Å². The summed E-state index contributed by atoms with van der Waals surface area (Å²) in [6.45, 7) is 11.7. The molecule has 0 spiro atoms. The number of likely N-dealkylation sites (N-methyl/N-ethyl adjacent to an activating group) is 1. The maximum Gasteiger partial charge on any atom is 0.0252 e. The van der Waals surface area contributed by atoms with E-state index in [9.17, 15) is 0 Å². The minimum absolute atomic E-state index is 0.678. The van der Waals surface area contributed by atoms with Gasteiger partial charge in [0.2, 0.25) is 0 Å². The Morgan fingerprint density at radius 1 is 1.00 bits per heavy atom. The van der Waals surface area contributed by atoms with E-state index in [2.05, 4.69) is 37.9 Å². The smallest absolute Gasteiger partial charge is 0.0252 e. The summed E-state index contributed by atoms with van der Waals surface area (Å²) in [7, 11) is 0. The summed E-state index contributed by atoms with van der Waals surface area (Å²) in [5.74, 6) is 0. The van der Waals surface area contributed by atoms with Gasteiger partial charge in [0.25, 0.3) is 0 Å². The molecule has 0 saturated heterocycles. The van der Waals surface area contributed by atoms with Gasteiger partial charge in [-0.3, -0.25) is 4.90 Å². The van der Waals surface area contributed by atoms with Crippen molar-refractivity contribution in [3.05, 3.63) is 0 Å². The molecule has 1 saturated carbocycles. The molecule has 1 aliphatic rings. The van der Waals surface area contributed by atoms with Gasteiger partial charge in [-0.15, -0.1) is 0 Å². The van der Waals surface area contributed by atoms with Crippen LogP contribution in [0.15, 0.2) is 0 Å². The fourth-order valence-corrected chi connectivity index (χ4v) is 3.71. The first-order valence-electron chi connectivity index (χ1n) is 9.19. The summed E-state index contributed by atoms with van der Waals surface area (Å²) >= 11 is 0. The van der Waals surface area contributed by atoms with Gasteiger partial charge in [-0.25, -0.2) is 0 Å². The Labute approximate surface area is 127 Å². The third-order valence-corrected chi connectivity index (χ3v) is 4.80. The molecule has 1 aliphatic carbocycles. The highest BCUT2D eigenvalue weighted by Crippen LogP contribution is 2.24. The standard InChI is InChI=1S/C18H38N2/c1-5-7-12-15-20(16(3)4)18-14-11-9-8-10-13-17(18)19-6-2/h16-19H,5-15H2,1-4H3. The second-order valence-corrected chi connectivity index (χ2v) is 6.76. The maximum absolute atomic E-state index is 3.79. The van der Waals surface area contributed by atoms with Gasteiger partial charge in [0, 0.05) is 18.1 Å². The molecule has 2 unspecified atom stereocenters. The van der Waals surface area contributed by atoms with Crippen LogP contribution in [0.2, 0.25) is 0 Å². The van der Waals surface area contributed by atoms with Crippen molar-refractivity contribution in [1.82, 2.24) is 10.2 Å². The van der Waals surface area contributed by atoms with E-state index in [1.54, 1.807) is 0 Å². The first-order valence-corrected chi connectivity index (χ1v) is 9.19. The van der Waals surface area contributed by atoms with Crippen LogP contribution in [0.25, 0.3) is 0 Å². The molecule has 1 rings (SSSR count). The van der Waals surface area contributed by atoms with E-state index < -0.39 is 0 Å². The molecule has 0 amide bonds. The molecule has 2 atom stereocenters. The number of unbranched alkanes of at least 4 members (excludes halogenated alkanes) is 2. The predicted molar refractivity (Wildman–Crippen MR) is 90.3 cm³/mol. The number of rotatable bonds is 8. The van der Waals surface area contributed by atoms with Crippen LogP contribution in [0, 0.1) is 0 Å². The first-order chi connectivity index (χ1) is 9.70. The Morgan fingerprint density at radius 3 is 2.30 bits per heavy atom. The summed E-state index contributed by atoms with van der Waals surface area (Å²) in [5.41, 5.74) is 0. The zero-order valence-electron chi connectivity index (χ0n) is 14.5. The lowest BCUT2D eigenvalue weighted by molar-refractivity contribution is 0.0999. The lowest BCUT2D eigenvalue weighted by Gasteiger charge is -2.41. The lowest BCUT2D eigenvalue weighted by Crippen LogP contribution is -2.53. The number of hydrogen-bond donors (Lipinski definition) is 1. The first kappa shape index (κ1) is 18.0. The lowest BCUT2D eigenvalue weighted by atomic mass is 9.90. The second-order valence-electron chi connectivity index (χ2n) is 6.76. The van der Waals surface area contributed by atoms with Crippen molar-refractivity contribution in [2.75, 3.05) is 13.1 Å². The Balaban J connectivity index is 2.68. The van der Waals surface area contributed by atoms with E-state index in [0.717, 1.165) is 12.6 Å². The average Bonchev–Trinajstić information content (AvgIpc) is 2.39. The molecule has 0 aliphatic heterocycles. The van der Waals surface area contributed by atoms with Crippen molar-refractivity contribution in [3.63, 3.8) is 0 Å². The van der Waals surface area contributed by atoms with E-state index in [0.29, 0.717) is 12.1 Å². The Bertz CT molecular complexity index is 227. The topological polar surface area (TPSA) is 15.3 Å². The van der Waals surface area contributed by atoms with Crippen LogP contribution in [-0.4, -0.2) is 36.1 Å². The van der Waals surface area contributed by atoms with Crippen molar-refractivity contribution >= 4 is 0 Å². The van der Waals surface area contributed by atoms with Gasteiger partial charge in [-0.05, 0) is 46.2 Å². The zero-order valence-corrected chi connectivity index (χ0v) is 14.5. The molecule has 0 aromatic rings. The minimum atomic E-state index is 0.678. The van der Waals surface area contributed by atoms with Gasteiger partial charge in [-0.1, -0.05) is 52.4 Å². The van der Waals surface area contributed by atoms with Crippen molar-refractivity contribution in [2.45, 2.75) is 104 Å². The van der Waals surface area contributed by atoms with Gasteiger partial charge in [0.15, 0.2) is 0 Å². The van der Waals surface area contributed by atoms with Crippen LogP contribution in [0.4, 0.5) is 0 Å². The van der Waals surface area contributed by atoms with Crippen LogP contribution >= 0.6 is 0 Å². The Kier molecular flexibility index (Phi) is 9.54. The zero-order chi connectivity index (χ0) is 14.8. The molecule has 0 radical (unpaired) electrons. The molecule has 2 nitrogen and oxygen atoms in total. The van der Waals surface area contributed by atoms with E-state index in [1.807, 2.05) is 0 Å². The van der Waals surface area contributed by atoms with E-state index in [4.69, 9.17) is 0 Å². The van der Waals surface area contributed by atoms with Gasteiger partial charge in [0.05, 0.1) is 0 Å². The number of nitrogens with zero attached hydrogens (tertiary/aromatic N) is 1. The van der Waals surface area contributed by atoms with Gasteiger partial charge in [-0.2, -0.15) is 0 Å². The normalized spacial score (nSPS) is 24.9. The molecular weight excluding hydrogens is 244 g/mol. The van der Waals surface area contributed by atoms with Gasteiger partial charge in [0.1, 0.15) is 0 Å². The van der Waals surface area contributed by atoms with Gasteiger partial charge < -0.3 is 5.32 Å². The Hall–Kier alpha value is -0.0800. The summed E-state index contributed by atoms with van der Waals surface area (Å²) in [4.78, 5) is 2.80. The van der Waals surface area contributed by atoms with Crippen LogP contribution in [0.1, 0.15) is 85.5 Å². The molecule has 0 aromatic heterocycles. The van der Waals surface area contributed by atoms with E-state index in [1.165, 1.54) is 64.3 Å². The summed E-state index contributed by atoms with van der Waals surface area (Å²) in [5, 5.41) is 3.79. The summed E-state index contributed by atoms with van der Waals surface area (Å²) < 4.78 is 0. The van der Waals surface area contributed by atoms with E-state index in [-0.39, 0.29) is 0 Å². The fraction of sp³-hybridized carbons (Fsp3) is 1.00. The molecule has 1 fully saturated rings. The van der Waals surface area contributed by atoms with Crippen molar-refractivity contribution in [1.29, 1.82) is 0 Å². The fourth-order valence-electron chi connectivity index (χ4n) is 3.71. The highest BCUT2D eigenvalue weighted by atomic mass is 15.2. The SMILES string of the molecule is CCCCCN(C(C)C)C1CCCCCCC1NCC. The van der Waals surface area contributed by atoms with Crippen LogP contribution in [0.3, 0.4) is 0 Å². The molecule has 2 heteroatoms.